The van der Waals surface area contributed by atoms with Crippen LogP contribution in [0.1, 0.15) is 33.6 Å². The molecule has 0 aromatic heterocycles. The number of carbonyl (C=O) groups is 2. The average molecular weight is 198 g/mol. The van der Waals surface area contributed by atoms with Gasteiger partial charge >= 0.3 is 5.97 Å². The van der Waals surface area contributed by atoms with Crippen molar-refractivity contribution in [1.29, 1.82) is 0 Å². The summed E-state index contributed by atoms with van der Waals surface area (Å²) in [7, 11) is 0. The van der Waals surface area contributed by atoms with Crippen molar-refractivity contribution >= 4 is 11.8 Å². The van der Waals surface area contributed by atoms with Gasteiger partial charge in [-0.15, -0.1) is 0 Å². The van der Waals surface area contributed by atoms with Gasteiger partial charge in [0, 0.05) is 6.42 Å². The SMILES string of the molecule is C=C(C)C(=O)CCOC(=O)C(C)CC. The molecule has 0 heterocycles. The van der Waals surface area contributed by atoms with E-state index in [1.807, 2.05) is 13.8 Å². The first-order valence-corrected chi connectivity index (χ1v) is 4.84. The molecule has 0 radical (unpaired) electrons. The standard InChI is InChI=1S/C11H18O3/c1-5-9(4)11(13)14-7-6-10(12)8(2)3/h9H,2,5-7H2,1,3-4H3. The van der Waals surface area contributed by atoms with Crippen LogP contribution in [0.5, 0.6) is 0 Å². The maximum atomic E-state index is 11.2. The molecule has 3 nitrogen and oxygen atoms in total. The highest BCUT2D eigenvalue weighted by atomic mass is 16.5. The lowest BCUT2D eigenvalue weighted by molar-refractivity contribution is -0.148. The molecule has 1 unspecified atom stereocenters. The highest BCUT2D eigenvalue weighted by Crippen LogP contribution is 2.04. The third kappa shape index (κ3) is 4.80. The number of ether oxygens (including phenoxy) is 1. The van der Waals surface area contributed by atoms with Gasteiger partial charge < -0.3 is 4.74 Å². The summed E-state index contributed by atoms with van der Waals surface area (Å²) in [5, 5.41) is 0. The van der Waals surface area contributed by atoms with Crippen LogP contribution < -0.4 is 0 Å². The van der Waals surface area contributed by atoms with Gasteiger partial charge in [-0.1, -0.05) is 20.4 Å². The second kappa shape index (κ2) is 6.35. The summed E-state index contributed by atoms with van der Waals surface area (Å²) in [6.45, 7) is 9.06. The predicted octanol–water partition coefficient (Wildman–Crippen LogP) is 2.11. The number of ketones is 1. The van der Waals surface area contributed by atoms with Gasteiger partial charge in [0.05, 0.1) is 12.5 Å². The molecule has 0 aliphatic heterocycles. The van der Waals surface area contributed by atoms with Crippen LogP contribution in [-0.2, 0) is 14.3 Å². The topological polar surface area (TPSA) is 43.4 Å². The highest BCUT2D eigenvalue weighted by molar-refractivity contribution is 5.94. The van der Waals surface area contributed by atoms with Crippen LogP contribution in [0.4, 0.5) is 0 Å². The Labute approximate surface area is 85.1 Å². The molecule has 0 N–H and O–H groups in total. The Hall–Kier alpha value is -1.12. The molecule has 0 amide bonds. The van der Waals surface area contributed by atoms with E-state index in [4.69, 9.17) is 4.74 Å². The van der Waals surface area contributed by atoms with Crippen LogP contribution in [0.25, 0.3) is 0 Å². The molecule has 0 rings (SSSR count). The highest BCUT2D eigenvalue weighted by Gasteiger charge is 2.12. The van der Waals surface area contributed by atoms with Gasteiger partial charge in [-0.2, -0.15) is 0 Å². The summed E-state index contributed by atoms with van der Waals surface area (Å²) in [6, 6.07) is 0. The van der Waals surface area contributed by atoms with Crippen molar-refractivity contribution in [2.45, 2.75) is 33.6 Å². The van der Waals surface area contributed by atoms with Crippen LogP contribution in [-0.4, -0.2) is 18.4 Å². The summed E-state index contributed by atoms with van der Waals surface area (Å²) in [5.41, 5.74) is 0.504. The van der Waals surface area contributed by atoms with Crippen molar-refractivity contribution in [1.82, 2.24) is 0 Å². The first-order chi connectivity index (χ1) is 6.49. The van der Waals surface area contributed by atoms with Gasteiger partial charge in [-0.05, 0) is 18.9 Å². The molecule has 0 bridgehead atoms. The van der Waals surface area contributed by atoms with E-state index in [9.17, 15) is 9.59 Å². The van der Waals surface area contributed by atoms with Crippen LogP contribution in [0.3, 0.4) is 0 Å². The number of hydrogen-bond donors (Lipinski definition) is 0. The summed E-state index contributed by atoms with van der Waals surface area (Å²) in [4.78, 5) is 22.2. The number of allylic oxidation sites excluding steroid dienone is 1. The Balaban J connectivity index is 3.70. The van der Waals surface area contributed by atoms with E-state index >= 15 is 0 Å². The smallest absolute Gasteiger partial charge is 0.308 e. The molecule has 0 saturated heterocycles. The van der Waals surface area contributed by atoms with Crippen molar-refractivity contribution in [3.63, 3.8) is 0 Å². The lowest BCUT2D eigenvalue weighted by Crippen LogP contribution is -2.16. The molecule has 80 valence electrons. The van der Waals surface area contributed by atoms with Crippen molar-refractivity contribution in [2.24, 2.45) is 5.92 Å². The number of rotatable bonds is 6. The minimum Gasteiger partial charge on any atom is -0.465 e. The zero-order chi connectivity index (χ0) is 11.1. The van der Waals surface area contributed by atoms with Crippen LogP contribution in [0.2, 0.25) is 0 Å². The zero-order valence-electron chi connectivity index (χ0n) is 9.13. The van der Waals surface area contributed by atoms with Crippen molar-refractivity contribution in [3.05, 3.63) is 12.2 Å². The van der Waals surface area contributed by atoms with Gasteiger partial charge in [0.2, 0.25) is 0 Å². The minimum absolute atomic E-state index is 0.0537. The van der Waals surface area contributed by atoms with Crippen molar-refractivity contribution < 1.29 is 14.3 Å². The van der Waals surface area contributed by atoms with Gasteiger partial charge in [-0.25, -0.2) is 0 Å². The summed E-state index contributed by atoms with van der Waals surface area (Å²) in [5.74, 6) is -0.376. The Kier molecular flexibility index (Phi) is 5.84. The van der Waals surface area contributed by atoms with Crippen molar-refractivity contribution in [3.8, 4) is 0 Å². The lowest BCUT2D eigenvalue weighted by atomic mass is 10.1. The van der Waals surface area contributed by atoms with Crippen LogP contribution in [0.15, 0.2) is 12.2 Å². The molecule has 1 atom stereocenters. The molecule has 0 aliphatic rings. The van der Waals surface area contributed by atoms with E-state index in [1.165, 1.54) is 0 Å². The molecule has 0 saturated carbocycles. The first-order valence-electron chi connectivity index (χ1n) is 4.84. The third-order valence-corrected chi connectivity index (χ3v) is 2.06. The van der Waals surface area contributed by atoms with E-state index in [2.05, 4.69) is 6.58 Å². The van der Waals surface area contributed by atoms with Crippen LogP contribution >= 0.6 is 0 Å². The molecule has 3 heteroatoms. The Morgan fingerprint density at radius 3 is 2.43 bits per heavy atom. The first kappa shape index (κ1) is 12.9. The second-order valence-electron chi connectivity index (χ2n) is 3.43. The summed E-state index contributed by atoms with van der Waals surface area (Å²) in [6.07, 6.45) is 0.991. The molecular weight excluding hydrogens is 180 g/mol. The molecule has 0 fully saturated rings. The lowest BCUT2D eigenvalue weighted by Gasteiger charge is -2.08. The fourth-order valence-electron chi connectivity index (χ4n) is 0.767. The maximum absolute atomic E-state index is 11.2. The molecule has 0 spiro atoms. The molecule has 0 aliphatic carbocycles. The summed E-state index contributed by atoms with van der Waals surface area (Å²) >= 11 is 0. The molecule has 0 aromatic rings. The molecular formula is C11H18O3. The maximum Gasteiger partial charge on any atom is 0.308 e. The quantitative estimate of drug-likeness (QED) is 0.485. The summed E-state index contributed by atoms with van der Waals surface area (Å²) < 4.78 is 4.91. The molecule has 0 aromatic carbocycles. The second-order valence-corrected chi connectivity index (χ2v) is 3.43. The van der Waals surface area contributed by atoms with Crippen molar-refractivity contribution in [2.75, 3.05) is 6.61 Å². The Morgan fingerprint density at radius 2 is 2.00 bits per heavy atom. The monoisotopic (exact) mass is 198 g/mol. The third-order valence-electron chi connectivity index (χ3n) is 2.06. The number of carbonyl (C=O) groups excluding carboxylic acids is 2. The minimum atomic E-state index is -0.234. The number of hydrogen-bond acceptors (Lipinski definition) is 3. The van der Waals surface area contributed by atoms with Gasteiger partial charge in [0.1, 0.15) is 0 Å². The van der Waals surface area contributed by atoms with Gasteiger partial charge in [0.25, 0.3) is 0 Å². The zero-order valence-corrected chi connectivity index (χ0v) is 9.13. The number of Topliss-reactive ketones (excluding diaryl/α,β-unsaturated/α-hetero) is 1. The van der Waals surface area contributed by atoms with E-state index in [1.54, 1.807) is 6.92 Å². The van der Waals surface area contributed by atoms with E-state index < -0.39 is 0 Å². The average Bonchev–Trinajstić information content (AvgIpc) is 2.15. The largest absolute Gasteiger partial charge is 0.465 e. The Bertz CT molecular complexity index is 231. The fraction of sp³-hybridized carbons (Fsp3) is 0.636. The molecule has 14 heavy (non-hydrogen) atoms. The normalized spacial score (nSPS) is 11.9. The Morgan fingerprint density at radius 1 is 1.43 bits per heavy atom. The van der Waals surface area contributed by atoms with E-state index in [-0.39, 0.29) is 30.7 Å². The van der Waals surface area contributed by atoms with Crippen LogP contribution in [0, 0.1) is 5.92 Å². The number of esters is 1. The van der Waals surface area contributed by atoms with E-state index in [0.717, 1.165) is 6.42 Å². The van der Waals surface area contributed by atoms with E-state index in [0.29, 0.717) is 5.57 Å². The predicted molar refractivity (Wildman–Crippen MR) is 54.9 cm³/mol. The van der Waals surface area contributed by atoms with Gasteiger partial charge in [-0.3, -0.25) is 9.59 Å². The van der Waals surface area contributed by atoms with Gasteiger partial charge in [0.15, 0.2) is 5.78 Å². The fourth-order valence-corrected chi connectivity index (χ4v) is 0.767.